The molecule has 2 aliphatic rings. The van der Waals surface area contributed by atoms with Crippen LogP contribution in [0.25, 0.3) is 0 Å². The van der Waals surface area contributed by atoms with Crippen molar-refractivity contribution in [3.05, 3.63) is 71.8 Å². The van der Waals surface area contributed by atoms with Crippen molar-refractivity contribution in [3.8, 4) is 0 Å². The molecule has 0 amide bonds. The largest absolute Gasteiger partial charge is 0.261 e. The van der Waals surface area contributed by atoms with Crippen LogP contribution >= 0.6 is 0 Å². The molecule has 4 rings (SSSR count). The Bertz CT molecular complexity index is 706. The molecular formula is C24H31N2+. The third-order valence-corrected chi connectivity index (χ3v) is 6.45. The summed E-state index contributed by atoms with van der Waals surface area (Å²) in [5.41, 5.74) is 2.90. The van der Waals surface area contributed by atoms with Crippen molar-refractivity contribution >= 4 is 5.84 Å². The Morgan fingerprint density at radius 1 is 0.731 bits per heavy atom. The fraction of sp³-hybridized carbons (Fsp3) is 0.458. The van der Waals surface area contributed by atoms with Gasteiger partial charge in [-0.05, 0) is 50.7 Å². The zero-order valence-corrected chi connectivity index (χ0v) is 16.3. The Balaban J connectivity index is 1.81. The first-order chi connectivity index (χ1) is 12.7. The summed E-state index contributed by atoms with van der Waals surface area (Å²) in [6.07, 6.45) is 5.05. The second-order valence-electron chi connectivity index (χ2n) is 8.07. The van der Waals surface area contributed by atoms with Crippen LogP contribution in [0.2, 0.25) is 0 Å². The maximum Gasteiger partial charge on any atom is 0.245 e. The maximum absolute atomic E-state index is 2.73. The molecule has 0 radical (unpaired) electrons. The molecule has 2 heterocycles. The highest BCUT2D eigenvalue weighted by Gasteiger charge is 2.42. The van der Waals surface area contributed by atoms with Crippen LogP contribution in [-0.2, 0) is 0 Å². The Morgan fingerprint density at radius 2 is 1.15 bits per heavy atom. The van der Waals surface area contributed by atoms with E-state index < -0.39 is 0 Å². The molecule has 2 aliphatic heterocycles. The third-order valence-electron chi connectivity index (χ3n) is 6.45. The van der Waals surface area contributed by atoms with Gasteiger partial charge in [-0.2, -0.15) is 0 Å². The SMILES string of the molecule is CC(N1C(C)CCC1C)=[N+]1C(c2ccccc2)CCC1c1ccccc1. The van der Waals surface area contributed by atoms with E-state index in [2.05, 4.69) is 90.9 Å². The molecule has 2 fully saturated rings. The zero-order chi connectivity index (χ0) is 18.1. The lowest BCUT2D eigenvalue weighted by Crippen LogP contribution is -2.42. The van der Waals surface area contributed by atoms with Gasteiger partial charge in [0.2, 0.25) is 5.84 Å². The number of benzene rings is 2. The Labute approximate surface area is 158 Å². The summed E-state index contributed by atoms with van der Waals surface area (Å²) in [4.78, 5) is 2.68. The zero-order valence-electron chi connectivity index (χ0n) is 16.3. The standard InChI is InChI=1S/C24H31N2/c1-18-14-15-19(2)25(18)20(3)26-23(21-10-6-4-7-11-21)16-17-24(26)22-12-8-5-9-13-22/h4-13,18-19,23-24H,14-17H2,1-3H3/q+1. The van der Waals surface area contributed by atoms with Gasteiger partial charge in [-0.3, -0.25) is 9.48 Å². The molecule has 2 heteroatoms. The van der Waals surface area contributed by atoms with E-state index in [-0.39, 0.29) is 0 Å². The molecule has 0 spiro atoms. The van der Waals surface area contributed by atoms with E-state index in [0.29, 0.717) is 24.2 Å². The van der Waals surface area contributed by atoms with Crippen molar-refractivity contribution in [1.29, 1.82) is 0 Å². The fourth-order valence-corrected chi connectivity index (χ4v) is 5.23. The first kappa shape index (κ1) is 17.3. The van der Waals surface area contributed by atoms with Gasteiger partial charge in [0.25, 0.3) is 0 Å². The number of likely N-dealkylation sites (tertiary alicyclic amines) is 1. The van der Waals surface area contributed by atoms with E-state index in [4.69, 9.17) is 0 Å². The van der Waals surface area contributed by atoms with Gasteiger partial charge in [-0.15, -0.1) is 0 Å². The number of hydrogen-bond donors (Lipinski definition) is 0. The summed E-state index contributed by atoms with van der Waals surface area (Å²) in [7, 11) is 0. The van der Waals surface area contributed by atoms with Crippen LogP contribution in [-0.4, -0.2) is 27.4 Å². The van der Waals surface area contributed by atoms with E-state index in [1.807, 2.05) is 0 Å². The average molecular weight is 348 g/mol. The summed E-state index contributed by atoms with van der Waals surface area (Å²) in [5.74, 6) is 1.46. The summed E-state index contributed by atoms with van der Waals surface area (Å²) in [5, 5.41) is 0. The van der Waals surface area contributed by atoms with Crippen molar-refractivity contribution in [1.82, 2.24) is 4.90 Å². The molecular weight excluding hydrogens is 316 g/mol. The highest BCUT2D eigenvalue weighted by atomic mass is 15.3. The third kappa shape index (κ3) is 3.06. The second kappa shape index (κ2) is 7.26. The monoisotopic (exact) mass is 347 g/mol. The molecule has 2 nitrogen and oxygen atoms in total. The van der Waals surface area contributed by atoms with Crippen LogP contribution in [0.15, 0.2) is 60.7 Å². The first-order valence-electron chi connectivity index (χ1n) is 10.2. The van der Waals surface area contributed by atoms with Gasteiger partial charge in [-0.1, -0.05) is 60.7 Å². The molecule has 0 bridgehead atoms. The molecule has 26 heavy (non-hydrogen) atoms. The number of rotatable bonds is 2. The van der Waals surface area contributed by atoms with Crippen LogP contribution < -0.4 is 0 Å². The number of hydrogen-bond acceptors (Lipinski definition) is 0. The van der Waals surface area contributed by atoms with Crippen molar-refractivity contribution in [2.75, 3.05) is 0 Å². The van der Waals surface area contributed by atoms with Crippen molar-refractivity contribution < 1.29 is 4.58 Å². The van der Waals surface area contributed by atoms with E-state index in [0.717, 1.165) is 0 Å². The molecule has 2 saturated heterocycles. The maximum atomic E-state index is 2.73. The van der Waals surface area contributed by atoms with Gasteiger partial charge in [0.15, 0.2) is 0 Å². The summed E-state index contributed by atoms with van der Waals surface area (Å²) in [6, 6.07) is 24.4. The van der Waals surface area contributed by atoms with Crippen LogP contribution in [0.5, 0.6) is 0 Å². The minimum Gasteiger partial charge on any atom is -0.261 e. The summed E-state index contributed by atoms with van der Waals surface area (Å²) < 4.78 is 2.73. The predicted octanol–water partition coefficient (Wildman–Crippen LogP) is 5.57. The Morgan fingerprint density at radius 3 is 1.58 bits per heavy atom. The van der Waals surface area contributed by atoms with Crippen LogP contribution in [0.1, 0.15) is 69.7 Å². The van der Waals surface area contributed by atoms with Crippen molar-refractivity contribution in [2.24, 2.45) is 0 Å². The fourth-order valence-electron chi connectivity index (χ4n) is 5.23. The topological polar surface area (TPSA) is 6.25 Å². The Hall–Kier alpha value is -2.09. The van der Waals surface area contributed by atoms with Gasteiger partial charge in [0.1, 0.15) is 12.1 Å². The molecule has 0 saturated carbocycles. The van der Waals surface area contributed by atoms with E-state index in [1.165, 1.54) is 42.6 Å². The lowest BCUT2D eigenvalue weighted by Gasteiger charge is -2.27. The van der Waals surface area contributed by atoms with Gasteiger partial charge < -0.3 is 0 Å². The highest BCUT2D eigenvalue weighted by Crippen LogP contribution is 2.41. The summed E-state index contributed by atoms with van der Waals surface area (Å²) >= 11 is 0. The van der Waals surface area contributed by atoms with Crippen LogP contribution in [0, 0.1) is 0 Å². The molecule has 4 unspecified atom stereocenters. The molecule has 2 aromatic carbocycles. The molecule has 0 aliphatic carbocycles. The van der Waals surface area contributed by atoms with Gasteiger partial charge in [0, 0.05) is 6.92 Å². The minimum atomic E-state index is 0.474. The number of nitrogens with zero attached hydrogens (tertiary/aromatic N) is 2. The average Bonchev–Trinajstić information content (AvgIpc) is 3.26. The van der Waals surface area contributed by atoms with E-state index >= 15 is 0 Å². The smallest absolute Gasteiger partial charge is 0.245 e. The molecule has 2 aromatic rings. The van der Waals surface area contributed by atoms with Crippen LogP contribution in [0.4, 0.5) is 0 Å². The van der Waals surface area contributed by atoms with Crippen LogP contribution in [0.3, 0.4) is 0 Å². The first-order valence-corrected chi connectivity index (χ1v) is 10.2. The molecule has 0 N–H and O–H groups in total. The predicted molar refractivity (Wildman–Crippen MR) is 109 cm³/mol. The lowest BCUT2D eigenvalue weighted by atomic mass is 10.0. The van der Waals surface area contributed by atoms with E-state index in [1.54, 1.807) is 0 Å². The normalized spacial score (nSPS) is 28.6. The Kier molecular flexibility index (Phi) is 4.84. The molecule has 136 valence electrons. The minimum absolute atomic E-state index is 0.474. The lowest BCUT2D eigenvalue weighted by molar-refractivity contribution is -0.595. The second-order valence-corrected chi connectivity index (χ2v) is 8.07. The molecule has 4 atom stereocenters. The van der Waals surface area contributed by atoms with Crippen molar-refractivity contribution in [2.45, 2.75) is 70.6 Å². The van der Waals surface area contributed by atoms with Gasteiger partial charge in [-0.25, -0.2) is 0 Å². The van der Waals surface area contributed by atoms with Gasteiger partial charge in [0.05, 0.1) is 12.1 Å². The quantitative estimate of drug-likeness (QED) is 0.509. The van der Waals surface area contributed by atoms with Crippen molar-refractivity contribution in [3.63, 3.8) is 0 Å². The number of amidine groups is 1. The molecule has 0 aromatic heterocycles. The summed E-state index contributed by atoms with van der Waals surface area (Å²) in [6.45, 7) is 7.13. The highest BCUT2D eigenvalue weighted by molar-refractivity contribution is 5.76. The van der Waals surface area contributed by atoms with Gasteiger partial charge >= 0.3 is 0 Å². The van der Waals surface area contributed by atoms with E-state index in [9.17, 15) is 0 Å².